The predicted octanol–water partition coefficient (Wildman–Crippen LogP) is 1.68. The van der Waals surface area contributed by atoms with Crippen LogP contribution in [-0.2, 0) is 6.54 Å². The summed E-state index contributed by atoms with van der Waals surface area (Å²) in [6.07, 6.45) is 3.45. The lowest BCUT2D eigenvalue weighted by molar-refractivity contribution is 1.02. The number of rotatable bonds is 1. The fraction of sp³-hybridized carbons (Fsp3) is 0.125. The monoisotopic (exact) mass is 181 g/mol. The lowest BCUT2D eigenvalue weighted by Gasteiger charge is -1.88. The Labute approximate surface area is 74.5 Å². The quantitative estimate of drug-likeness (QED) is 0.703. The number of fused-ring (bicyclic) bond motifs is 1. The van der Waals surface area contributed by atoms with Crippen molar-refractivity contribution in [3.8, 4) is 0 Å². The first-order valence-corrected chi connectivity index (χ1v) is 4.01. The van der Waals surface area contributed by atoms with Crippen LogP contribution in [0.3, 0.4) is 0 Å². The molecular weight excluding hydrogens is 174 g/mol. The Balaban J connectivity index is 2.78. The van der Waals surface area contributed by atoms with Gasteiger partial charge in [0.25, 0.3) is 0 Å². The maximum absolute atomic E-state index is 6.01. The van der Waals surface area contributed by atoms with Gasteiger partial charge in [0.1, 0.15) is 0 Å². The van der Waals surface area contributed by atoms with Gasteiger partial charge in [-0.3, -0.25) is 4.98 Å². The van der Waals surface area contributed by atoms with Gasteiger partial charge < -0.3 is 10.7 Å². The molecule has 2 heterocycles. The molecule has 0 saturated carbocycles. The van der Waals surface area contributed by atoms with Crippen LogP contribution in [0.4, 0.5) is 0 Å². The molecule has 3 nitrogen and oxygen atoms in total. The third-order valence-electron chi connectivity index (χ3n) is 1.81. The topological polar surface area (TPSA) is 54.7 Å². The zero-order valence-electron chi connectivity index (χ0n) is 6.34. The molecule has 2 aromatic rings. The zero-order chi connectivity index (χ0) is 8.55. The number of aromatic nitrogens is 2. The highest BCUT2D eigenvalue weighted by Crippen LogP contribution is 2.25. The molecule has 2 aromatic heterocycles. The summed E-state index contributed by atoms with van der Waals surface area (Å²) in [5.74, 6) is 0. The number of hydrogen-bond donors (Lipinski definition) is 2. The van der Waals surface area contributed by atoms with E-state index in [1.54, 1.807) is 12.4 Å². The second kappa shape index (κ2) is 2.77. The Bertz CT molecular complexity index is 408. The second-order valence-corrected chi connectivity index (χ2v) is 2.92. The maximum Gasteiger partial charge on any atom is 0.0720 e. The highest BCUT2D eigenvalue weighted by Gasteiger charge is 2.06. The molecule has 0 atom stereocenters. The van der Waals surface area contributed by atoms with E-state index in [2.05, 4.69) is 9.97 Å². The molecule has 0 spiro atoms. The molecule has 0 radical (unpaired) electrons. The zero-order valence-corrected chi connectivity index (χ0v) is 7.10. The molecule has 0 unspecified atom stereocenters. The van der Waals surface area contributed by atoms with E-state index in [-0.39, 0.29) is 0 Å². The first-order valence-electron chi connectivity index (χ1n) is 3.63. The van der Waals surface area contributed by atoms with Gasteiger partial charge in [-0.05, 0) is 6.07 Å². The molecule has 0 amide bonds. The summed E-state index contributed by atoms with van der Waals surface area (Å²) in [5, 5.41) is 1.61. The summed E-state index contributed by atoms with van der Waals surface area (Å²) < 4.78 is 0. The van der Waals surface area contributed by atoms with Crippen LogP contribution in [0.2, 0.25) is 5.02 Å². The Morgan fingerprint density at radius 2 is 2.42 bits per heavy atom. The van der Waals surface area contributed by atoms with Gasteiger partial charge in [-0.15, -0.1) is 0 Å². The van der Waals surface area contributed by atoms with Gasteiger partial charge >= 0.3 is 0 Å². The van der Waals surface area contributed by atoms with Crippen LogP contribution in [0.1, 0.15) is 5.69 Å². The number of hydrogen-bond acceptors (Lipinski definition) is 2. The summed E-state index contributed by atoms with van der Waals surface area (Å²) >= 11 is 6.01. The first kappa shape index (κ1) is 7.58. The normalized spacial score (nSPS) is 10.8. The average Bonchev–Trinajstić information content (AvgIpc) is 2.44. The van der Waals surface area contributed by atoms with Crippen LogP contribution in [0, 0.1) is 0 Å². The standard InChI is InChI=1S/C8H8ClN3/c9-8-5-4-11-2-1-6(5)12-7(8)3-10/h1-2,4,12H,3,10H2. The van der Waals surface area contributed by atoms with E-state index in [0.717, 1.165) is 16.6 Å². The number of aromatic amines is 1. The summed E-state index contributed by atoms with van der Waals surface area (Å²) in [6, 6.07) is 1.88. The van der Waals surface area contributed by atoms with Crippen molar-refractivity contribution in [3.05, 3.63) is 29.2 Å². The van der Waals surface area contributed by atoms with Gasteiger partial charge in [0.2, 0.25) is 0 Å². The third-order valence-corrected chi connectivity index (χ3v) is 2.24. The highest BCUT2D eigenvalue weighted by molar-refractivity contribution is 6.36. The Kier molecular flexibility index (Phi) is 1.75. The summed E-state index contributed by atoms with van der Waals surface area (Å²) in [7, 11) is 0. The average molecular weight is 182 g/mol. The molecular formula is C8H8ClN3. The van der Waals surface area contributed by atoms with E-state index in [4.69, 9.17) is 17.3 Å². The van der Waals surface area contributed by atoms with Gasteiger partial charge in [-0.25, -0.2) is 0 Å². The smallest absolute Gasteiger partial charge is 0.0720 e. The molecule has 0 aliphatic rings. The van der Waals surface area contributed by atoms with Crippen molar-refractivity contribution in [2.45, 2.75) is 6.54 Å². The lowest BCUT2D eigenvalue weighted by atomic mass is 10.3. The largest absolute Gasteiger partial charge is 0.356 e. The molecule has 0 bridgehead atoms. The number of halogens is 1. The van der Waals surface area contributed by atoms with Crippen LogP contribution in [0.15, 0.2) is 18.5 Å². The summed E-state index contributed by atoms with van der Waals surface area (Å²) in [4.78, 5) is 7.09. The molecule has 0 aliphatic carbocycles. The van der Waals surface area contributed by atoms with E-state index in [1.165, 1.54) is 0 Å². The Hall–Kier alpha value is -1.06. The van der Waals surface area contributed by atoms with Gasteiger partial charge in [0.15, 0.2) is 0 Å². The van der Waals surface area contributed by atoms with Crippen LogP contribution >= 0.6 is 11.6 Å². The molecule has 0 aromatic carbocycles. The lowest BCUT2D eigenvalue weighted by Crippen LogP contribution is -1.96. The molecule has 3 N–H and O–H groups in total. The fourth-order valence-corrected chi connectivity index (χ4v) is 1.47. The van der Waals surface area contributed by atoms with Gasteiger partial charge in [-0.1, -0.05) is 11.6 Å². The van der Waals surface area contributed by atoms with Crippen LogP contribution in [0.25, 0.3) is 10.9 Å². The SMILES string of the molecule is NCc1[nH]c2ccncc2c1Cl. The summed E-state index contributed by atoms with van der Waals surface area (Å²) in [5.41, 5.74) is 7.32. The number of H-pyrrole nitrogens is 1. The van der Waals surface area contributed by atoms with E-state index in [0.29, 0.717) is 11.6 Å². The van der Waals surface area contributed by atoms with Crippen molar-refractivity contribution in [3.63, 3.8) is 0 Å². The first-order chi connectivity index (χ1) is 5.83. The van der Waals surface area contributed by atoms with Crippen molar-refractivity contribution < 1.29 is 0 Å². The minimum Gasteiger partial charge on any atom is -0.356 e. The van der Waals surface area contributed by atoms with E-state index in [9.17, 15) is 0 Å². The fourth-order valence-electron chi connectivity index (χ4n) is 1.20. The number of nitrogens with two attached hydrogens (primary N) is 1. The molecule has 0 aliphatic heterocycles. The number of nitrogens with one attached hydrogen (secondary N) is 1. The Morgan fingerprint density at radius 3 is 3.08 bits per heavy atom. The molecule has 62 valence electrons. The summed E-state index contributed by atoms with van der Waals surface area (Å²) in [6.45, 7) is 0.424. The van der Waals surface area contributed by atoms with Crippen molar-refractivity contribution in [2.24, 2.45) is 5.73 Å². The van der Waals surface area contributed by atoms with Crippen LogP contribution in [0.5, 0.6) is 0 Å². The van der Waals surface area contributed by atoms with Crippen molar-refractivity contribution in [2.75, 3.05) is 0 Å². The van der Waals surface area contributed by atoms with Gasteiger partial charge in [-0.2, -0.15) is 0 Å². The van der Waals surface area contributed by atoms with Gasteiger partial charge in [0.05, 0.1) is 10.5 Å². The minimum absolute atomic E-state index is 0.424. The van der Waals surface area contributed by atoms with Crippen LogP contribution < -0.4 is 5.73 Å². The Morgan fingerprint density at radius 1 is 1.58 bits per heavy atom. The van der Waals surface area contributed by atoms with Crippen LogP contribution in [-0.4, -0.2) is 9.97 Å². The highest BCUT2D eigenvalue weighted by atomic mass is 35.5. The van der Waals surface area contributed by atoms with Crippen molar-refractivity contribution in [1.82, 2.24) is 9.97 Å². The number of nitrogens with zero attached hydrogens (tertiary/aromatic N) is 1. The van der Waals surface area contributed by atoms with Gasteiger partial charge in [0, 0.05) is 30.0 Å². The molecule has 0 fully saturated rings. The molecule has 4 heteroatoms. The maximum atomic E-state index is 6.01. The third kappa shape index (κ3) is 0.983. The molecule has 12 heavy (non-hydrogen) atoms. The minimum atomic E-state index is 0.424. The molecule has 0 saturated heterocycles. The second-order valence-electron chi connectivity index (χ2n) is 2.54. The van der Waals surface area contributed by atoms with E-state index in [1.807, 2.05) is 6.07 Å². The number of pyridine rings is 1. The van der Waals surface area contributed by atoms with Crippen molar-refractivity contribution >= 4 is 22.5 Å². The molecule has 2 rings (SSSR count). The van der Waals surface area contributed by atoms with E-state index >= 15 is 0 Å². The van der Waals surface area contributed by atoms with Crippen molar-refractivity contribution in [1.29, 1.82) is 0 Å². The van der Waals surface area contributed by atoms with E-state index < -0.39 is 0 Å². The predicted molar refractivity (Wildman–Crippen MR) is 49.0 cm³/mol.